The van der Waals surface area contributed by atoms with Crippen LogP contribution in [-0.4, -0.2) is 35.0 Å². The molecule has 1 aliphatic heterocycles. The van der Waals surface area contributed by atoms with Gasteiger partial charge in [-0.05, 0) is 38.3 Å². The van der Waals surface area contributed by atoms with Crippen molar-refractivity contribution in [3.63, 3.8) is 0 Å². The lowest BCUT2D eigenvalue weighted by molar-refractivity contribution is -0.145. The van der Waals surface area contributed by atoms with Crippen molar-refractivity contribution >= 4 is 11.9 Å². The Labute approximate surface area is 140 Å². The first kappa shape index (κ1) is 16.3. The Morgan fingerprint density at radius 1 is 1.12 bits per heavy atom. The van der Waals surface area contributed by atoms with Gasteiger partial charge in [0.2, 0.25) is 0 Å². The summed E-state index contributed by atoms with van der Waals surface area (Å²) in [5.74, 6) is 0.403. The second-order valence-corrected chi connectivity index (χ2v) is 6.37. The molecule has 1 aromatic carbocycles. The van der Waals surface area contributed by atoms with Crippen LogP contribution in [0, 0.1) is 13.8 Å². The van der Waals surface area contributed by atoms with Crippen molar-refractivity contribution in [3.05, 3.63) is 59.0 Å². The normalized spacial score (nSPS) is 16.8. The fraction of sp³-hybridized carbons (Fsp3) is 0.368. The highest BCUT2D eigenvalue weighted by atomic mass is 16.4. The number of hydrogen-bond donors (Lipinski definition) is 1. The zero-order valence-electron chi connectivity index (χ0n) is 13.9. The molecule has 126 valence electrons. The number of aliphatic carboxylic acids is 1. The van der Waals surface area contributed by atoms with Crippen LogP contribution in [0.15, 0.2) is 40.8 Å². The molecule has 1 aliphatic rings. The molecule has 1 fully saturated rings. The van der Waals surface area contributed by atoms with E-state index in [2.05, 4.69) is 0 Å². The van der Waals surface area contributed by atoms with Crippen LogP contribution in [0.5, 0.6) is 0 Å². The van der Waals surface area contributed by atoms with Crippen molar-refractivity contribution < 1.29 is 19.1 Å². The first-order chi connectivity index (χ1) is 11.4. The number of furan rings is 1. The van der Waals surface area contributed by atoms with E-state index in [1.807, 2.05) is 37.3 Å². The van der Waals surface area contributed by atoms with Gasteiger partial charge in [-0.3, -0.25) is 9.59 Å². The largest absolute Gasteiger partial charge is 0.481 e. The van der Waals surface area contributed by atoms with Crippen LogP contribution in [0.1, 0.15) is 40.3 Å². The highest BCUT2D eigenvalue weighted by Gasteiger charge is 2.44. The third kappa shape index (κ3) is 2.70. The fourth-order valence-electron chi connectivity index (χ4n) is 3.49. The average molecular weight is 327 g/mol. The second-order valence-electron chi connectivity index (χ2n) is 6.37. The zero-order valence-corrected chi connectivity index (χ0v) is 13.9. The van der Waals surface area contributed by atoms with E-state index in [4.69, 9.17) is 4.42 Å². The molecular weight excluding hydrogens is 306 g/mol. The number of carbonyl (C=O) groups excluding carboxylic acids is 1. The number of amides is 1. The molecule has 0 spiro atoms. The van der Waals surface area contributed by atoms with Gasteiger partial charge in [-0.2, -0.15) is 0 Å². The van der Waals surface area contributed by atoms with E-state index >= 15 is 0 Å². The number of hydrogen-bond acceptors (Lipinski definition) is 3. The van der Waals surface area contributed by atoms with Crippen LogP contribution < -0.4 is 0 Å². The van der Waals surface area contributed by atoms with Gasteiger partial charge in [0, 0.05) is 13.1 Å². The maximum absolute atomic E-state index is 12.7. The van der Waals surface area contributed by atoms with Crippen LogP contribution in [-0.2, 0) is 10.2 Å². The van der Waals surface area contributed by atoms with Gasteiger partial charge in [-0.25, -0.2) is 0 Å². The summed E-state index contributed by atoms with van der Waals surface area (Å²) < 4.78 is 5.43. The Balaban J connectivity index is 1.80. The highest BCUT2D eigenvalue weighted by Crippen LogP contribution is 2.36. The maximum Gasteiger partial charge on any atom is 0.314 e. The molecule has 0 bridgehead atoms. The smallest absolute Gasteiger partial charge is 0.314 e. The van der Waals surface area contributed by atoms with Crippen LogP contribution in [0.25, 0.3) is 0 Å². The maximum atomic E-state index is 12.7. The molecule has 2 heterocycles. The van der Waals surface area contributed by atoms with Gasteiger partial charge in [0.25, 0.3) is 5.91 Å². The summed E-state index contributed by atoms with van der Waals surface area (Å²) in [5, 5.41) is 9.81. The highest BCUT2D eigenvalue weighted by molar-refractivity contribution is 5.95. The molecule has 1 N–H and O–H groups in total. The molecule has 0 saturated carbocycles. The number of carboxylic acids is 1. The Morgan fingerprint density at radius 2 is 1.75 bits per heavy atom. The lowest BCUT2D eigenvalue weighted by Crippen LogP contribution is -2.49. The summed E-state index contributed by atoms with van der Waals surface area (Å²) in [6.45, 7) is 4.42. The van der Waals surface area contributed by atoms with E-state index in [0.717, 1.165) is 5.56 Å². The van der Waals surface area contributed by atoms with Crippen LogP contribution in [0.3, 0.4) is 0 Å². The van der Waals surface area contributed by atoms with E-state index in [1.165, 1.54) is 0 Å². The minimum atomic E-state index is -0.917. The fourth-order valence-corrected chi connectivity index (χ4v) is 3.49. The zero-order chi connectivity index (χ0) is 17.3. The van der Waals surface area contributed by atoms with Crippen LogP contribution >= 0.6 is 0 Å². The Kier molecular flexibility index (Phi) is 4.18. The van der Waals surface area contributed by atoms with Crippen LogP contribution in [0.4, 0.5) is 0 Å². The van der Waals surface area contributed by atoms with Crippen molar-refractivity contribution in [1.82, 2.24) is 4.90 Å². The molecule has 5 nitrogen and oxygen atoms in total. The number of aryl methyl sites for hydroxylation is 2. The standard InChI is InChI=1S/C19H21NO4/c1-13-12-16(14(2)24-13)17(21)20-10-8-19(9-11-20,18(22)23)15-6-4-3-5-7-15/h3-7,12H,8-11H2,1-2H3,(H,22,23). The van der Waals surface area contributed by atoms with Crippen molar-refractivity contribution in [2.24, 2.45) is 0 Å². The summed E-state index contributed by atoms with van der Waals surface area (Å²) in [7, 11) is 0. The predicted octanol–water partition coefficient (Wildman–Crippen LogP) is 3.16. The van der Waals surface area contributed by atoms with E-state index in [0.29, 0.717) is 43.0 Å². The molecule has 3 rings (SSSR count). The summed E-state index contributed by atoms with van der Waals surface area (Å²) in [6.07, 6.45) is 0.821. The van der Waals surface area contributed by atoms with E-state index in [1.54, 1.807) is 17.9 Å². The summed E-state index contributed by atoms with van der Waals surface area (Å²) in [4.78, 5) is 26.4. The van der Waals surface area contributed by atoms with E-state index in [-0.39, 0.29) is 5.91 Å². The third-order valence-corrected chi connectivity index (χ3v) is 4.91. The number of carboxylic acid groups (broad SMARTS) is 1. The molecule has 2 aromatic rings. The van der Waals surface area contributed by atoms with Gasteiger partial charge in [-0.1, -0.05) is 30.3 Å². The van der Waals surface area contributed by atoms with Gasteiger partial charge >= 0.3 is 5.97 Å². The SMILES string of the molecule is Cc1cc(C(=O)N2CCC(C(=O)O)(c3ccccc3)CC2)c(C)o1. The molecule has 1 amide bonds. The quantitative estimate of drug-likeness (QED) is 0.940. The monoisotopic (exact) mass is 327 g/mol. The number of benzene rings is 1. The minimum Gasteiger partial charge on any atom is -0.481 e. The van der Waals surface area contributed by atoms with Crippen LogP contribution in [0.2, 0.25) is 0 Å². The Bertz CT molecular complexity index is 755. The van der Waals surface area contributed by atoms with Crippen molar-refractivity contribution in [2.75, 3.05) is 13.1 Å². The molecule has 0 unspecified atom stereocenters. The lowest BCUT2D eigenvalue weighted by Gasteiger charge is -2.39. The van der Waals surface area contributed by atoms with Crippen molar-refractivity contribution in [2.45, 2.75) is 32.1 Å². The van der Waals surface area contributed by atoms with Gasteiger partial charge in [0.05, 0.1) is 11.0 Å². The van der Waals surface area contributed by atoms with Crippen molar-refractivity contribution in [3.8, 4) is 0 Å². The van der Waals surface area contributed by atoms with Gasteiger partial charge < -0.3 is 14.4 Å². The first-order valence-electron chi connectivity index (χ1n) is 8.09. The van der Waals surface area contributed by atoms with Gasteiger partial charge in [0.1, 0.15) is 11.5 Å². The third-order valence-electron chi connectivity index (χ3n) is 4.91. The molecule has 0 radical (unpaired) electrons. The number of rotatable bonds is 3. The lowest BCUT2D eigenvalue weighted by atomic mass is 9.73. The molecule has 5 heteroatoms. The van der Waals surface area contributed by atoms with Gasteiger partial charge in [-0.15, -0.1) is 0 Å². The topological polar surface area (TPSA) is 70.8 Å². The van der Waals surface area contributed by atoms with Crippen molar-refractivity contribution in [1.29, 1.82) is 0 Å². The summed E-state index contributed by atoms with van der Waals surface area (Å²) >= 11 is 0. The molecule has 24 heavy (non-hydrogen) atoms. The second kappa shape index (κ2) is 6.15. The number of carbonyl (C=O) groups is 2. The average Bonchev–Trinajstić information content (AvgIpc) is 2.93. The van der Waals surface area contributed by atoms with E-state index < -0.39 is 11.4 Å². The number of piperidine rings is 1. The van der Waals surface area contributed by atoms with E-state index in [9.17, 15) is 14.7 Å². The number of nitrogens with zero attached hydrogens (tertiary/aromatic N) is 1. The predicted molar refractivity (Wildman–Crippen MR) is 89.1 cm³/mol. The summed E-state index contributed by atoms with van der Waals surface area (Å²) in [5.41, 5.74) is 0.453. The van der Waals surface area contributed by atoms with Gasteiger partial charge in [0.15, 0.2) is 0 Å². The Hall–Kier alpha value is -2.56. The molecule has 0 aliphatic carbocycles. The minimum absolute atomic E-state index is 0.0867. The molecular formula is C19H21NO4. The molecule has 1 saturated heterocycles. The molecule has 1 aromatic heterocycles. The first-order valence-corrected chi connectivity index (χ1v) is 8.09. The Morgan fingerprint density at radius 3 is 2.25 bits per heavy atom. The number of likely N-dealkylation sites (tertiary alicyclic amines) is 1. The summed E-state index contributed by atoms with van der Waals surface area (Å²) in [6, 6.07) is 11.0. The molecule has 0 atom stereocenters.